The summed E-state index contributed by atoms with van der Waals surface area (Å²) in [6.45, 7) is 3.75. The van der Waals surface area contributed by atoms with Crippen LogP contribution in [0.5, 0.6) is 0 Å². The first-order valence-electron chi connectivity index (χ1n) is 8.27. The van der Waals surface area contributed by atoms with Crippen molar-refractivity contribution in [2.45, 2.75) is 51.9 Å². The van der Waals surface area contributed by atoms with Crippen molar-refractivity contribution in [3.05, 3.63) is 24.0 Å². The highest BCUT2D eigenvalue weighted by Gasteiger charge is 2.15. The number of rotatable bonds is 7. The van der Waals surface area contributed by atoms with Crippen molar-refractivity contribution >= 4 is 11.6 Å². The Morgan fingerprint density at radius 1 is 1.29 bits per heavy atom. The molecule has 1 aliphatic carbocycles. The van der Waals surface area contributed by atoms with Gasteiger partial charge in [-0.1, -0.05) is 39.0 Å². The second kappa shape index (κ2) is 8.65. The van der Waals surface area contributed by atoms with Crippen molar-refractivity contribution in [1.29, 1.82) is 0 Å². The van der Waals surface area contributed by atoms with Gasteiger partial charge in [0.1, 0.15) is 0 Å². The lowest BCUT2D eigenvalue weighted by Crippen LogP contribution is -2.27. The Kier molecular flexibility index (Phi) is 6.51. The molecular formula is C17H27N3O. The van der Waals surface area contributed by atoms with E-state index < -0.39 is 0 Å². The molecule has 1 aromatic rings. The maximum atomic E-state index is 12.3. The van der Waals surface area contributed by atoms with Gasteiger partial charge in [-0.3, -0.25) is 9.78 Å². The molecule has 0 aliphatic heterocycles. The van der Waals surface area contributed by atoms with Gasteiger partial charge in [0.05, 0.1) is 11.3 Å². The fraction of sp³-hybridized carbons (Fsp3) is 0.647. The Morgan fingerprint density at radius 3 is 2.86 bits per heavy atom. The fourth-order valence-electron chi connectivity index (χ4n) is 2.95. The van der Waals surface area contributed by atoms with Gasteiger partial charge in [0.25, 0.3) is 5.91 Å². The third-order valence-corrected chi connectivity index (χ3v) is 4.19. The van der Waals surface area contributed by atoms with Crippen LogP contribution in [0.2, 0.25) is 0 Å². The van der Waals surface area contributed by atoms with E-state index in [4.69, 9.17) is 0 Å². The molecule has 1 aliphatic rings. The van der Waals surface area contributed by atoms with E-state index in [9.17, 15) is 4.79 Å². The zero-order valence-electron chi connectivity index (χ0n) is 13.0. The molecule has 1 amide bonds. The molecule has 116 valence electrons. The summed E-state index contributed by atoms with van der Waals surface area (Å²) in [6, 6.07) is 1.87. The van der Waals surface area contributed by atoms with Crippen molar-refractivity contribution < 1.29 is 4.79 Å². The molecule has 4 heteroatoms. The van der Waals surface area contributed by atoms with Gasteiger partial charge in [-0.2, -0.15) is 0 Å². The normalized spacial score (nSPS) is 15.7. The monoisotopic (exact) mass is 289 g/mol. The molecule has 0 radical (unpaired) electrons. The van der Waals surface area contributed by atoms with Crippen LogP contribution in [0.4, 0.5) is 5.69 Å². The lowest BCUT2D eigenvalue weighted by molar-refractivity contribution is 0.0951. The largest absolute Gasteiger partial charge is 0.384 e. The number of anilines is 1. The average Bonchev–Trinajstić information content (AvgIpc) is 2.54. The average molecular weight is 289 g/mol. The SMILES string of the molecule is CCCNc1ccncc1C(=O)NCCC1CCCCC1. The molecule has 4 nitrogen and oxygen atoms in total. The first-order valence-corrected chi connectivity index (χ1v) is 8.27. The van der Waals surface area contributed by atoms with E-state index in [-0.39, 0.29) is 5.91 Å². The third-order valence-electron chi connectivity index (χ3n) is 4.19. The predicted octanol–water partition coefficient (Wildman–Crippen LogP) is 3.60. The standard InChI is InChI=1S/C17H27N3O/c1-2-10-19-16-9-11-18-13-15(16)17(21)20-12-8-14-6-4-3-5-7-14/h9,11,13-14H,2-8,10,12H2,1H3,(H,18,19)(H,20,21). The highest BCUT2D eigenvalue weighted by molar-refractivity contribution is 5.99. The first kappa shape index (κ1) is 15.8. The summed E-state index contributed by atoms with van der Waals surface area (Å²) in [4.78, 5) is 16.4. The van der Waals surface area contributed by atoms with Gasteiger partial charge < -0.3 is 10.6 Å². The molecule has 0 spiro atoms. The Bertz CT molecular complexity index is 441. The van der Waals surface area contributed by atoms with Crippen LogP contribution >= 0.6 is 0 Å². The van der Waals surface area contributed by atoms with E-state index in [1.807, 2.05) is 6.07 Å². The molecule has 1 aromatic heterocycles. The van der Waals surface area contributed by atoms with E-state index in [2.05, 4.69) is 22.5 Å². The second-order valence-electron chi connectivity index (χ2n) is 5.90. The first-order chi connectivity index (χ1) is 10.3. The number of hydrogen-bond donors (Lipinski definition) is 2. The second-order valence-corrected chi connectivity index (χ2v) is 5.90. The van der Waals surface area contributed by atoms with Gasteiger partial charge in [-0.15, -0.1) is 0 Å². The van der Waals surface area contributed by atoms with Crippen molar-refractivity contribution in [3.63, 3.8) is 0 Å². The number of amides is 1. The van der Waals surface area contributed by atoms with Crippen LogP contribution in [0.15, 0.2) is 18.5 Å². The van der Waals surface area contributed by atoms with Gasteiger partial charge in [0, 0.05) is 25.5 Å². The minimum absolute atomic E-state index is 0.0162. The van der Waals surface area contributed by atoms with Gasteiger partial charge >= 0.3 is 0 Å². The zero-order valence-corrected chi connectivity index (χ0v) is 13.0. The summed E-state index contributed by atoms with van der Waals surface area (Å²) in [5.41, 5.74) is 1.52. The third kappa shape index (κ3) is 5.03. The molecule has 2 N–H and O–H groups in total. The van der Waals surface area contributed by atoms with Gasteiger partial charge in [-0.25, -0.2) is 0 Å². The molecule has 0 atom stereocenters. The van der Waals surface area contributed by atoms with Gasteiger partial charge in [-0.05, 0) is 24.8 Å². The molecule has 1 heterocycles. The molecule has 0 bridgehead atoms. The summed E-state index contributed by atoms with van der Waals surface area (Å²) in [5.74, 6) is 0.781. The topological polar surface area (TPSA) is 54.0 Å². The number of aromatic nitrogens is 1. The molecular weight excluding hydrogens is 262 g/mol. The van der Waals surface area contributed by atoms with Crippen LogP contribution in [0.25, 0.3) is 0 Å². The zero-order chi connectivity index (χ0) is 14.9. The van der Waals surface area contributed by atoms with Crippen molar-refractivity contribution in [2.75, 3.05) is 18.4 Å². The number of carbonyl (C=O) groups excluding carboxylic acids is 1. The van der Waals surface area contributed by atoms with E-state index >= 15 is 0 Å². The molecule has 1 fully saturated rings. The Balaban J connectivity index is 1.82. The number of nitrogens with one attached hydrogen (secondary N) is 2. The summed E-state index contributed by atoms with van der Waals surface area (Å²) < 4.78 is 0. The number of pyridine rings is 1. The maximum Gasteiger partial charge on any atom is 0.254 e. The van der Waals surface area contributed by atoms with E-state index in [1.54, 1.807) is 12.4 Å². The van der Waals surface area contributed by atoms with Gasteiger partial charge in [0.2, 0.25) is 0 Å². The lowest BCUT2D eigenvalue weighted by atomic mass is 9.87. The summed E-state index contributed by atoms with van der Waals surface area (Å²) in [6.07, 6.45) is 12.2. The van der Waals surface area contributed by atoms with Crippen LogP contribution in [-0.2, 0) is 0 Å². The Labute approximate surface area is 127 Å². The minimum atomic E-state index is -0.0162. The van der Waals surface area contributed by atoms with Crippen LogP contribution < -0.4 is 10.6 Å². The molecule has 2 rings (SSSR count). The number of nitrogens with zero attached hydrogens (tertiary/aromatic N) is 1. The molecule has 21 heavy (non-hydrogen) atoms. The lowest BCUT2D eigenvalue weighted by Gasteiger charge is -2.21. The molecule has 0 aromatic carbocycles. The summed E-state index contributed by atoms with van der Waals surface area (Å²) in [5, 5.41) is 6.33. The molecule has 0 saturated heterocycles. The van der Waals surface area contributed by atoms with Crippen molar-refractivity contribution in [1.82, 2.24) is 10.3 Å². The fourth-order valence-corrected chi connectivity index (χ4v) is 2.95. The summed E-state index contributed by atoms with van der Waals surface area (Å²) >= 11 is 0. The van der Waals surface area contributed by atoms with Crippen molar-refractivity contribution in [3.8, 4) is 0 Å². The van der Waals surface area contributed by atoms with Gasteiger partial charge in [0.15, 0.2) is 0 Å². The molecule has 0 unspecified atom stereocenters. The Morgan fingerprint density at radius 2 is 2.10 bits per heavy atom. The highest BCUT2D eigenvalue weighted by atomic mass is 16.1. The van der Waals surface area contributed by atoms with Crippen LogP contribution in [0.3, 0.4) is 0 Å². The van der Waals surface area contributed by atoms with Crippen LogP contribution in [0.1, 0.15) is 62.2 Å². The quantitative estimate of drug-likeness (QED) is 0.806. The minimum Gasteiger partial charge on any atom is -0.384 e. The van der Waals surface area contributed by atoms with E-state index in [1.165, 1.54) is 32.1 Å². The van der Waals surface area contributed by atoms with Crippen LogP contribution in [-0.4, -0.2) is 24.0 Å². The highest BCUT2D eigenvalue weighted by Crippen LogP contribution is 2.25. The van der Waals surface area contributed by atoms with Crippen LogP contribution in [0, 0.1) is 5.92 Å². The molecule has 1 saturated carbocycles. The van der Waals surface area contributed by atoms with E-state index in [0.717, 1.165) is 37.5 Å². The summed E-state index contributed by atoms with van der Waals surface area (Å²) in [7, 11) is 0. The number of carbonyl (C=O) groups is 1. The van der Waals surface area contributed by atoms with E-state index in [0.29, 0.717) is 5.56 Å². The van der Waals surface area contributed by atoms with Crippen molar-refractivity contribution in [2.24, 2.45) is 5.92 Å². The maximum absolute atomic E-state index is 12.3. The predicted molar refractivity (Wildman–Crippen MR) is 86.5 cm³/mol. The smallest absolute Gasteiger partial charge is 0.254 e. The number of hydrogen-bond acceptors (Lipinski definition) is 3. The Hall–Kier alpha value is -1.58.